The normalized spacial score (nSPS) is 13.7. The molecule has 1 aliphatic rings. The van der Waals surface area contributed by atoms with Gasteiger partial charge in [-0.05, 0) is 30.5 Å². The Kier molecular flexibility index (Phi) is 4.66. The Morgan fingerprint density at radius 3 is 2.88 bits per heavy atom. The first-order valence-electron chi connectivity index (χ1n) is 8.00. The Labute approximate surface area is 140 Å². The number of aromatic nitrogens is 2. The number of nitrogens with two attached hydrogens (primary N) is 1. The van der Waals surface area contributed by atoms with E-state index in [4.69, 9.17) is 11.0 Å². The van der Waals surface area contributed by atoms with E-state index in [-0.39, 0.29) is 6.03 Å². The predicted octanol–water partition coefficient (Wildman–Crippen LogP) is 1.49. The molecule has 0 unspecified atom stereocenters. The Balaban J connectivity index is 1.52. The number of hydrogen-bond donors (Lipinski definition) is 2. The molecule has 0 spiro atoms. The molecule has 0 bridgehead atoms. The van der Waals surface area contributed by atoms with Crippen molar-refractivity contribution in [2.24, 2.45) is 0 Å². The molecule has 7 heteroatoms. The molecule has 1 aromatic heterocycles. The molecule has 2 heterocycles. The van der Waals surface area contributed by atoms with Crippen LogP contribution in [0.2, 0.25) is 0 Å². The topological polar surface area (TPSA) is 100.0 Å². The highest BCUT2D eigenvalue weighted by atomic mass is 16.2. The maximum atomic E-state index is 12.4. The molecule has 0 fully saturated rings. The van der Waals surface area contributed by atoms with E-state index in [1.165, 1.54) is 0 Å². The van der Waals surface area contributed by atoms with Gasteiger partial charge in [-0.2, -0.15) is 10.4 Å². The monoisotopic (exact) mass is 324 g/mol. The van der Waals surface area contributed by atoms with Gasteiger partial charge in [0, 0.05) is 25.7 Å². The molecule has 3 N–H and O–H groups in total. The Hall–Kier alpha value is -3.01. The van der Waals surface area contributed by atoms with Crippen molar-refractivity contribution >= 4 is 11.8 Å². The fourth-order valence-corrected chi connectivity index (χ4v) is 2.83. The van der Waals surface area contributed by atoms with Crippen LogP contribution >= 0.6 is 0 Å². The number of urea groups is 1. The first-order valence-corrected chi connectivity index (χ1v) is 8.00. The van der Waals surface area contributed by atoms with E-state index >= 15 is 0 Å². The van der Waals surface area contributed by atoms with E-state index in [9.17, 15) is 4.79 Å². The zero-order valence-corrected chi connectivity index (χ0v) is 13.4. The number of nitriles is 1. The molecule has 0 aliphatic carbocycles. The highest BCUT2D eigenvalue weighted by molar-refractivity contribution is 5.74. The summed E-state index contributed by atoms with van der Waals surface area (Å²) in [4.78, 5) is 14.2. The second-order valence-electron chi connectivity index (χ2n) is 5.85. The summed E-state index contributed by atoms with van der Waals surface area (Å²) in [7, 11) is 0. The molecule has 1 aromatic carbocycles. The summed E-state index contributed by atoms with van der Waals surface area (Å²) in [6.07, 6.45) is 1.59. The van der Waals surface area contributed by atoms with Crippen LogP contribution in [0.15, 0.2) is 30.3 Å². The molecule has 24 heavy (non-hydrogen) atoms. The number of aryl methyl sites for hydroxylation is 1. The molecular formula is C17H20N6O. The maximum absolute atomic E-state index is 12.4. The lowest BCUT2D eigenvalue weighted by atomic mass is 10.1. The van der Waals surface area contributed by atoms with Crippen LogP contribution in [-0.2, 0) is 19.5 Å². The lowest BCUT2D eigenvalue weighted by molar-refractivity contribution is 0.196. The molecule has 2 amide bonds. The molecule has 0 saturated carbocycles. The van der Waals surface area contributed by atoms with E-state index in [0.717, 1.165) is 30.6 Å². The van der Waals surface area contributed by atoms with Gasteiger partial charge in [0.05, 0.1) is 23.9 Å². The number of amides is 2. The first-order chi connectivity index (χ1) is 11.7. The highest BCUT2D eigenvalue weighted by Gasteiger charge is 2.19. The fraction of sp³-hybridized carbons (Fsp3) is 0.353. The standard InChI is InChI=1S/C17H20N6O/c18-11-14-4-2-13(3-5-14)6-7-20-17(24)22-8-1-9-23-15(12-22)10-16(19)21-23/h2-5,10H,1,6-9,12H2,(H2,19,21)(H,20,24). The number of nitrogen functional groups attached to an aromatic ring is 1. The van der Waals surface area contributed by atoms with Crippen LogP contribution in [0.3, 0.4) is 0 Å². The number of nitrogens with zero attached hydrogens (tertiary/aromatic N) is 4. The molecule has 0 atom stereocenters. The second-order valence-corrected chi connectivity index (χ2v) is 5.85. The van der Waals surface area contributed by atoms with E-state index in [1.807, 2.05) is 22.9 Å². The van der Waals surface area contributed by atoms with E-state index in [1.54, 1.807) is 17.0 Å². The SMILES string of the molecule is N#Cc1ccc(CCNC(=O)N2CCCn3nc(N)cc3C2)cc1. The molecule has 0 saturated heterocycles. The fourth-order valence-electron chi connectivity index (χ4n) is 2.83. The highest BCUT2D eigenvalue weighted by Crippen LogP contribution is 2.14. The van der Waals surface area contributed by atoms with Gasteiger partial charge in [-0.25, -0.2) is 4.79 Å². The van der Waals surface area contributed by atoms with Gasteiger partial charge in [0.2, 0.25) is 0 Å². The number of hydrogen-bond acceptors (Lipinski definition) is 4. The van der Waals surface area contributed by atoms with Gasteiger partial charge in [-0.1, -0.05) is 12.1 Å². The number of carbonyl (C=O) groups excluding carboxylic acids is 1. The van der Waals surface area contributed by atoms with Gasteiger partial charge in [-0.3, -0.25) is 4.68 Å². The van der Waals surface area contributed by atoms with E-state index in [0.29, 0.717) is 31.0 Å². The predicted molar refractivity (Wildman–Crippen MR) is 89.9 cm³/mol. The Morgan fingerprint density at radius 2 is 2.12 bits per heavy atom. The van der Waals surface area contributed by atoms with Crippen molar-refractivity contribution < 1.29 is 4.79 Å². The average Bonchev–Trinajstić information content (AvgIpc) is 2.82. The quantitative estimate of drug-likeness (QED) is 0.893. The third-order valence-corrected chi connectivity index (χ3v) is 4.09. The minimum Gasteiger partial charge on any atom is -0.382 e. The van der Waals surface area contributed by atoms with Gasteiger partial charge in [-0.15, -0.1) is 0 Å². The minimum atomic E-state index is -0.0723. The second kappa shape index (κ2) is 7.04. The van der Waals surface area contributed by atoms with Crippen molar-refractivity contribution in [2.45, 2.75) is 25.9 Å². The average molecular weight is 324 g/mol. The smallest absolute Gasteiger partial charge is 0.317 e. The van der Waals surface area contributed by atoms with Crippen molar-refractivity contribution in [3.8, 4) is 6.07 Å². The van der Waals surface area contributed by atoms with Crippen LogP contribution in [0.25, 0.3) is 0 Å². The molecule has 0 radical (unpaired) electrons. The Bertz CT molecular complexity index is 758. The summed E-state index contributed by atoms with van der Waals surface area (Å²) in [5, 5.41) is 16.0. The van der Waals surface area contributed by atoms with Gasteiger partial charge in [0.25, 0.3) is 0 Å². The van der Waals surface area contributed by atoms with Crippen molar-refractivity contribution in [2.75, 3.05) is 18.8 Å². The number of nitrogens with one attached hydrogen (secondary N) is 1. The zero-order valence-electron chi connectivity index (χ0n) is 13.4. The third-order valence-electron chi connectivity index (χ3n) is 4.09. The van der Waals surface area contributed by atoms with Crippen molar-refractivity contribution in [3.05, 3.63) is 47.2 Å². The summed E-state index contributed by atoms with van der Waals surface area (Å²) in [5.41, 5.74) is 8.43. The first kappa shape index (κ1) is 15.9. The maximum Gasteiger partial charge on any atom is 0.317 e. The summed E-state index contributed by atoms with van der Waals surface area (Å²) in [6, 6.07) is 11.3. The van der Waals surface area contributed by atoms with Crippen LogP contribution in [0.4, 0.5) is 10.6 Å². The zero-order chi connectivity index (χ0) is 16.9. The van der Waals surface area contributed by atoms with Gasteiger partial charge >= 0.3 is 6.03 Å². The third kappa shape index (κ3) is 3.66. The number of benzene rings is 1. The number of fused-ring (bicyclic) bond motifs is 1. The molecule has 7 nitrogen and oxygen atoms in total. The lowest BCUT2D eigenvalue weighted by Gasteiger charge is -2.20. The number of carbonyl (C=O) groups is 1. The van der Waals surface area contributed by atoms with E-state index < -0.39 is 0 Å². The minimum absolute atomic E-state index is 0.0723. The molecule has 124 valence electrons. The van der Waals surface area contributed by atoms with Crippen LogP contribution < -0.4 is 11.1 Å². The van der Waals surface area contributed by atoms with Crippen LogP contribution in [-0.4, -0.2) is 33.8 Å². The van der Waals surface area contributed by atoms with Gasteiger partial charge in [0.15, 0.2) is 0 Å². The number of anilines is 1. The van der Waals surface area contributed by atoms with E-state index in [2.05, 4.69) is 16.5 Å². The molecule has 2 aromatic rings. The summed E-state index contributed by atoms with van der Waals surface area (Å²) in [5.74, 6) is 0.494. The van der Waals surface area contributed by atoms with Gasteiger partial charge < -0.3 is 16.0 Å². The summed E-state index contributed by atoms with van der Waals surface area (Å²) >= 11 is 0. The Morgan fingerprint density at radius 1 is 1.33 bits per heavy atom. The molecule has 3 rings (SSSR count). The number of rotatable bonds is 3. The van der Waals surface area contributed by atoms with Crippen molar-refractivity contribution in [1.29, 1.82) is 5.26 Å². The lowest BCUT2D eigenvalue weighted by Crippen LogP contribution is -2.40. The van der Waals surface area contributed by atoms with Crippen molar-refractivity contribution in [3.63, 3.8) is 0 Å². The van der Waals surface area contributed by atoms with Crippen LogP contribution in [0.1, 0.15) is 23.2 Å². The van der Waals surface area contributed by atoms with Crippen LogP contribution in [0.5, 0.6) is 0 Å². The largest absolute Gasteiger partial charge is 0.382 e. The van der Waals surface area contributed by atoms with Crippen LogP contribution in [0, 0.1) is 11.3 Å². The summed E-state index contributed by atoms with van der Waals surface area (Å²) < 4.78 is 1.87. The molecular weight excluding hydrogens is 304 g/mol. The van der Waals surface area contributed by atoms with Crippen molar-refractivity contribution in [1.82, 2.24) is 20.0 Å². The molecule has 1 aliphatic heterocycles. The summed E-state index contributed by atoms with van der Waals surface area (Å²) in [6.45, 7) is 2.56. The van der Waals surface area contributed by atoms with Gasteiger partial charge in [0.1, 0.15) is 5.82 Å².